The minimum absolute atomic E-state index is 0.952. The van der Waals surface area contributed by atoms with Gasteiger partial charge < -0.3 is 0 Å². The fourth-order valence-corrected chi connectivity index (χ4v) is 3.16. The van der Waals surface area contributed by atoms with Gasteiger partial charge in [0.15, 0.2) is 0 Å². The highest BCUT2D eigenvalue weighted by atomic mass is 14.2. The van der Waals surface area contributed by atoms with Crippen LogP contribution in [0.25, 0.3) is 0 Å². The van der Waals surface area contributed by atoms with E-state index in [1.165, 1.54) is 70.6 Å². The van der Waals surface area contributed by atoms with Gasteiger partial charge in [0.2, 0.25) is 0 Å². The van der Waals surface area contributed by atoms with Crippen molar-refractivity contribution in [1.82, 2.24) is 0 Å². The molecule has 3 atom stereocenters. The average Bonchev–Trinajstić information content (AvgIpc) is 2.32. The second-order valence-electron chi connectivity index (χ2n) is 6.69. The third-order valence-electron chi connectivity index (χ3n) is 4.93. The Balaban J connectivity index is 2.29. The molecule has 0 heteroatoms. The van der Waals surface area contributed by atoms with Gasteiger partial charge in [0.25, 0.3) is 0 Å². The number of rotatable bonds is 0. The van der Waals surface area contributed by atoms with Crippen molar-refractivity contribution in [3.63, 3.8) is 0 Å². The van der Waals surface area contributed by atoms with Gasteiger partial charge in [-0.05, 0) is 17.8 Å². The third-order valence-corrected chi connectivity index (χ3v) is 4.93. The zero-order chi connectivity index (χ0) is 12.5. The molecule has 0 aromatic heterocycles. The zero-order valence-corrected chi connectivity index (χ0v) is 12.5. The molecule has 1 aliphatic carbocycles. The van der Waals surface area contributed by atoms with Gasteiger partial charge in [-0.1, -0.05) is 91.4 Å². The normalized spacial score (nSPS) is 35.1. The molecule has 102 valence electrons. The Morgan fingerprint density at radius 1 is 0.471 bits per heavy atom. The molecule has 0 radical (unpaired) electrons. The lowest BCUT2D eigenvalue weighted by molar-refractivity contribution is 0.313. The maximum Gasteiger partial charge on any atom is -0.0417 e. The Bertz CT molecular complexity index is 173. The number of hydrogen-bond acceptors (Lipinski definition) is 0. The highest BCUT2D eigenvalue weighted by Crippen LogP contribution is 2.26. The second kappa shape index (κ2) is 9.00. The van der Waals surface area contributed by atoms with Crippen LogP contribution in [0.2, 0.25) is 0 Å². The molecule has 0 heterocycles. The fourth-order valence-electron chi connectivity index (χ4n) is 3.16. The summed E-state index contributed by atoms with van der Waals surface area (Å²) in [6, 6.07) is 0. The molecule has 1 aliphatic rings. The topological polar surface area (TPSA) is 0 Å². The molecule has 0 spiro atoms. The molecule has 0 N–H and O–H groups in total. The van der Waals surface area contributed by atoms with Crippen molar-refractivity contribution in [3.8, 4) is 0 Å². The zero-order valence-electron chi connectivity index (χ0n) is 12.5. The van der Waals surface area contributed by atoms with Gasteiger partial charge in [-0.15, -0.1) is 0 Å². The van der Waals surface area contributed by atoms with Gasteiger partial charge in [-0.2, -0.15) is 0 Å². The van der Waals surface area contributed by atoms with Crippen LogP contribution in [0.4, 0.5) is 0 Å². The van der Waals surface area contributed by atoms with E-state index in [0.717, 1.165) is 17.8 Å². The minimum Gasteiger partial charge on any atom is -0.0625 e. The van der Waals surface area contributed by atoms with Crippen LogP contribution >= 0.6 is 0 Å². The van der Waals surface area contributed by atoms with Crippen LogP contribution in [0.1, 0.15) is 91.4 Å². The SMILES string of the molecule is CC1CCCCCCCC(C)C(C)CCCC1. The summed E-state index contributed by atoms with van der Waals surface area (Å²) in [5.74, 6) is 2.88. The first-order valence-corrected chi connectivity index (χ1v) is 8.20. The van der Waals surface area contributed by atoms with Crippen LogP contribution in [0, 0.1) is 17.8 Å². The van der Waals surface area contributed by atoms with Crippen molar-refractivity contribution in [3.05, 3.63) is 0 Å². The molecule has 17 heavy (non-hydrogen) atoms. The highest BCUT2D eigenvalue weighted by molar-refractivity contribution is 4.64. The number of hydrogen-bond donors (Lipinski definition) is 0. The lowest BCUT2D eigenvalue weighted by Crippen LogP contribution is -2.08. The van der Waals surface area contributed by atoms with E-state index in [0.29, 0.717) is 0 Å². The summed E-state index contributed by atoms with van der Waals surface area (Å²) in [7, 11) is 0. The Hall–Kier alpha value is 0. The highest BCUT2D eigenvalue weighted by Gasteiger charge is 2.12. The van der Waals surface area contributed by atoms with Gasteiger partial charge in [0.05, 0.1) is 0 Å². The first-order chi connectivity index (χ1) is 8.20. The maximum atomic E-state index is 2.47. The van der Waals surface area contributed by atoms with Crippen molar-refractivity contribution in [2.45, 2.75) is 91.4 Å². The van der Waals surface area contributed by atoms with Gasteiger partial charge in [0, 0.05) is 0 Å². The van der Waals surface area contributed by atoms with Gasteiger partial charge >= 0.3 is 0 Å². The fraction of sp³-hybridized carbons (Fsp3) is 1.00. The first kappa shape index (κ1) is 15.1. The quantitative estimate of drug-likeness (QED) is 0.471. The summed E-state index contributed by atoms with van der Waals surface area (Å²) < 4.78 is 0. The predicted octanol–water partition coefficient (Wildman–Crippen LogP) is 6.20. The third kappa shape index (κ3) is 7.11. The van der Waals surface area contributed by atoms with Gasteiger partial charge in [-0.3, -0.25) is 0 Å². The Morgan fingerprint density at radius 3 is 1.41 bits per heavy atom. The van der Waals surface area contributed by atoms with Crippen molar-refractivity contribution in [2.75, 3.05) is 0 Å². The molecule has 0 bridgehead atoms. The predicted molar refractivity (Wildman–Crippen MR) is 78.3 cm³/mol. The van der Waals surface area contributed by atoms with E-state index in [2.05, 4.69) is 20.8 Å². The monoisotopic (exact) mass is 238 g/mol. The summed E-state index contributed by atoms with van der Waals surface area (Å²) >= 11 is 0. The van der Waals surface area contributed by atoms with Crippen molar-refractivity contribution in [2.24, 2.45) is 17.8 Å². The van der Waals surface area contributed by atoms with Crippen LogP contribution in [0.15, 0.2) is 0 Å². The molecule has 0 nitrogen and oxygen atoms in total. The van der Waals surface area contributed by atoms with Crippen LogP contribution < -0.4 is 0 Å². The van der Waals surface area contributed by atoms with E-state index in [-0.39, 0.29) is 0 Å². The lowest BCUT2D eigenvalue weighted by atomic mass is 9.85. The van der Waals surface area contributed by atoms with Gasteiger partial charge in [-0.25, -0.2) is 0 Å². The Labute approximate surface area is 110 Å². The molecule has 0 aliphatic heterocycles. The summed E-state index contributed by atoms with van der Waals surface area (Å²) in [5, 5.41) is 0. The van der Waals surface area contributed by atoms with Gasteiger partial charge in [0.1, 0.15) is 0 Å². The average molecular weight is 238 g/mol. The van der Waals surface area contributed by atoms with Crippen molar-refractivity contribution >= 4 is 0 Å². The molecular formula is C17H34. The Kier molecular flexibility index (Phi) is 7.97. The molecule has 0 aromatic rings. The molecule has 1 rings (SSSR count). The summed E-state index contributed by atoms with van der Waals surface area (Å²) in [4.78, 5) is 0. The molecule has 0 aromatic carbocycles. The Morgan fingerprint density at radius 2 is 0.824 bits per heavy atom. The molecule has 1 saturated carbocycles. The maximum absolute atomic E-state index is 2.47. The summed E-state index contributed by atoms with van der Waals surface area (Å²) in [6.07, 6.45) is 16.2. The van der Waals surface area contributed by atoms with Crippen LogP contribution in [-0.4, -0.2) is 0 Å². The van der Waals surface area contributed by atoms with Crippen LogP contribution in [0.3, 0.4) is 0 Å². The molecule has 1 fully saturated rings. The first-order valence-electron chi connectivity index (χ1n) is 8.20. The largest absolute Gasteiger partial charge is 0.0625 e. The van der Waals surface area contributed by atoms with Crippen LogP contribution in [0.5, 0.6) is 0 Å². The lowest BCUT2D eigenvalue weighted by Gasteiger charge is -2.21. The van der Waals surface area contributed by atoms with E-state index in [9.17, 15) is 0 Å². The minimum atomic E-state index is 0.952. The molecule has 3 unspecified atom stereocenters. The van der Waals surface area contributed by atoms with E-state index >= 15 is 0 Å². The van der Waals surface area contributed by atoms with E-state index in [1.807, 2.05) is 0 Å². The summed E-state index contributed by atoms with van der Waals surface area (Å²) in [6.45, 7) is 7.40. The van der Waals surface area contributed by atoms with Crippen molar-refractivity contribution in [1.29, 1.82) is 0 Å². The van der Waals surface area contributed by atoms with E-state index in [4.69, 9.17) is 0 Å². The van der Waals surface area contributed by atoms with Crippen LogP contribution in [-0.2, 0) is 0 Å². The molecular weight excluding hydrogens is 204 g/mol. The van der Waals surface area contributed by atoms with E-state index in [1.54, 1.807) is 0 Å². The molecule has 0 amide bonds. The summed E-state index contributed by atoms with van der Waals surface area (Å²) in [5.41, 5.74) is 0. The van der Waals surface area contributed by atoms with E-state index < -0.39 is 0 Å². The van der Waals surface area contributed by atoms with Crippen molar-refractivity contribution < 1.29 is 0 Å². The standard InChI is InChI=1S/C17H34/c1-15-11-7-5-4-6-8-13-16(2)17(3)14-10-9-12-15/h15-17H,4-14H2,1-3H3. The smallest absolute Gasteiger partial charge is 0.0417 e. The molecule has 0 saturated heterocycles. The second-order valence-corrected chi connectivity index (χ2v) is 6.69.